The van der Waals surface area contributed by atoms with E-state index in [9.17, 15) is 8.42 Å². The third kappa shape index (κ3) is 3.38. The Hall–Kier alpha value is -2.38. The van der Waals surface area contributed by atoms with E-state index in [0.29, 0.717) is 26.2 Å². The van der Waals surface area contributed by atoms with Gasteiger partial charge in [-0.05, 0) is 17.7 Å². The van der Waals surface area contributed by atoms with E-state index in [1.54, 1.807) is 4.31 Å². The molecule has 0 radical (unpaired) electrons. The number of nitrogens with zero attached hydrogens (tertiary/aromatic N) is 3. The molecule has 1 aromatic heterocycles. The lowest BCUT2D eigenvalue weighted by Crippen LogP contribution is -2.49. The molecule has 0 aliphatic carbocycles. The van der Waals surface area contributed by atoms with Crippen LogP contribution in [0.15, 0.2) is 54.6 Å². The van der Waals surface area contributed by atoms with Crippen LogP contribution in [0.5, 0.6) is 0 Å². The van der Waals surface area contributed by atoms with E-state index in [-0.39, 0.29) is 5.75 Å². The molecule has 2 aromatic carbocycles. The SMILES string of the molecule is O=S(=O)(Cc1ccccc1)N1CCN(c2nc3ccccc3[nH]2)CC1. The van der Waals surface area contributed by atoms with Gasteiger partial charge in [-0.3, -0.25) is 0 Å². The van der Waals surface area contributed by atoms with Crippen LogP contribution in [0.1, 0.15) is 5.56 Å². The highest BCUT2D eigenvalue weighted by Crippen LogP contribution is 2.20. The number of H-pyrrole nitrogens is 1. The van der Waals surface area contributed by atoms with E-state index in [1.165, 1.54) is 0 Å². The van der Waals surface area contributed by atoms with Gasteiger partial charge in [0.05, 0.1) is 16.8 Å². The first-order chi connectivity index (χ1) is 12.1. The van der Waals surface area contributed by atoms with Crippen molar-refractivity contribution in [3.63, 3.8) is 0 Å². The van der Waals surface area contributed by atoms with Crippen molar-refractivity contribution < 1.29 is 8.42 Å². The van der Waals surface area contributed by atoms with E-state index >= 15 is 0 Å². The lowest BCUT2D eigenvalue weighted by Gasteiger charge is -2.33. The molecule has 2 heterocycles. The topological polar surface area (TPSA) is 69.3 Å². The number of sulfonamides is 1. The maximum Gasteiger partial charge on any atom is 0.218 e. The second kappa shape index (κ2) is 6.50. The molecule has 7 heteroatoms. The Morgan fingerprint density at radius 3 is 2.32 bits per heavy atom. The number of piperazine rings is 1. The number of para-hydroxylation sites is 2. The lowest BCUT2D eigenvalue weighted by molar-refractivity contribution is 0.382. The summed E-state index contributed by atoms with van der Waals surface area (Å²) in [6.45, 7) is 2.22. The summed E-state index contributed by atoms with van der Waals surface area (Å²) in [7, 11) is -3.29. The van der Waals surface area contributed by atoms with Crippen LogP contribution in [0.3, 0.4) is 0 Å². The van der Waals surface area contributed by atoms with E-state index in [4.69, 9.17) is 0 Å². The molecule has 0 amide bonds. The first kappa shape index (κ1) is 16.1. The Balaban J connectivity index is 1.44. The van der Waals surface area contributed by atoms with Gasteiger partial charge in [0.2, 0.25) is 16.0 Å². The molecule has 6 nitrogen and oxygen atoms in total. The van der Waals surface area contributed by atoms with Crippen molar-refractivity contribution in [1.82, 2.24) is 14.3 Å². The molecule has 1 N–H and O–H groups in total. The van der Waals surface area contributed by atoms with E-state index in [2.05, 4.69) is 14.9 Å². The summed E-state index contributed by atoms with van der Waals surface area (Å²) in [6, 6.07) is 17.2. The third-order valence-corrected chi connectivity index (χ3v) is 6.35. The van der Waals surface area contributed by atoms with Crippen LogP contribution < -0.4 is 4.90 Å². The highest BCUT2D eigenvalue weighted by molar-refractivity contribution is 7.88. The molecule has 3 aromatic rings. The molecule has 0 saturated carbocycles. The van der Waals surface area contributed by atoms with Crippen molar-refractivity contribution in [3.05, 3.63) is 60.2 Å². The number of fused-ring (bicyclic) bond motifs is 1. The van der Waals surface area contributed by atoms with Crippen LogP contribution in [0.25, 0.3) is 11.0 Å². The highest BCUT2D eigenvalue weighted by atomic mass is 32.2. The molecule has 130 valence electrons. The number of rotatable bonds is 4. The third-order valence-electron chi connectivity index (χ3n) is 4.50. The van der Waals surface area contributed by atoms with Crippen LogP contribution in [-0.2, 0) is 15.8 Å². The fourth-order valence-electron chi connectivity index (χ4n) is 3.14. The molecule has 1 fully saturated rings. The number of anilines is 1. The molecule has 1 aliphatic heterocycles. The highest BCUT2D eigenvalue weighted by Gasteiger charge is 2.28. The Bertz CT molecular complexity index is 928. The number of aromatic amines is 1. The van der Waals surface area contributed by atoms with Gasteiger partial charge in [-0.25, -0.2) is 13.4 Å². The minimum absolute atomic E-state index is 0.0540. The zero-order valence-electron chi connectivity index (χ0n) is 13.8. The van der Waals surface area contributed by atoms with Crippen LogP contribution in [0, 0.1) is 0 Å². The van der Waals surface area contributed by atoms with Crippen molar-refractivity contribution in [2.45, 2.75) is 5.75 Å². The Morgan fingerprint density at radius 1 is 0.920 bits per heavy atom. The Morgan fingerprint density at radius 2 is 1.60 bits per heavy atom. The van der Waals surface area contributed by atoms with Crippen molar-refractivity contribution in [3.8, 4) is 0 Å². The first-order valence-electron chi connectivity index (χ1n) is 8.33. The zero-order valence-corrected chi connectivity index (χ0v) is 14.6. The van der Waals surface area contributed by atoms with Crippen LogP contribution in [-0.4, -0.2) is 48.9 Å². The second-order valence-corrected chi connectivity index (χ2v) is 8.17. The monoisotopic (exact) mass is 356 g/mol. The predicted octanol–water partition coefficient (Wildman–Crippen LogP) is 2.21. The van der Waals surface area contributed by atoms with Crippen LogP contribution in [0.4, 0.5) is 5.95 Å². The fraction of sp³-hybridized carbons (Fsp3) is 0.278. The van der Waals surface area contributed by atoms with Crippen LogP contribution in [0.2, 0.25) is 0 Å². The number of benzene rings is 2. The summed E-state index contributed by atoms with van der Waals surface area (Å²) in [5.74, 6) is 0.861. The van der Waals surface area contributed by atoms with Gasteiger partial charge in [0.25, 0.3) is 0 Å². The predicted molar refractivity (Wildman–Crippen MR) is 98.9 cm³/mol. The number of hydrogen-bond acceptors (Lipinski definition) is 4. The number of nitrogens with one attached hydrogen (secondary N) is 1. The van der Waals surface area contributed by atoms with E-state index in [1.807, 2.05) is 54.6 Å². The van der Waals surface area contributed by atoms with Gasteiger partial charge in [0, 0.05) is 26.2 Å². The van der Waals surface area contributed by atoms with Gasteiger partial charge < -0.3 is 9.88 Å². The second-order valence-electron chi connectivity index (χ2n) is 6.21. The summed E-state index contributed by atoms with van der Waals surface area (Å²) in [6.07, 6.45) is 0. The largest absolute Gasteiger partial charge is 0.340 e. The molecule has 0 unspecified atom stereocenters. The van der Waals surface area contributed by atoms with Gasteiger partial charge in [-0.1, -0.05) is 42.5 Å². The smallest absolute Gasteiger partial charge is 0.218 e. The lowest BCUT2D eigenvalue weighted by atomic mass is 10.2. The number of imidazole rings is 1. The summed E-state index contributed by atoms with van der Waals surface area (Å²) >= 11 is 0. The van der Waals surface area contributed by atoms with Gasteiger partial charge in [-0.2, -0.15) is 4.31 Å². The molecule has 0 atom stereocenters. The summed E-state index contributed by atoms with van der Waals surface area (Å²) < 4.78 is 26.8. The molecule has 1 aliphatic rings. The van der Waals surface area contributed by atoms with E-state index < -0.39 is 10.0 Å². The average Bonchev–Trinajstić information content (AvgIpc) is 3.06. The van der Waals surface area contributed by atoms with Gasteiger partial charge in [0.15, 0.2) is 0 Å². The number of aromatic nitrogens is 2. The minimum atomic E-state index is -3.29. The van der Waals surface area contributed by atoms with Gasteiger partial charge in [-0.15, -0.1) is 0 Å². The maximum atomic E-state index is 12.6. The fourth-order valence-corrected chi connectivity index (χ4v) is 4.66. The molecule has 0 bridgehead atoms. The number of hydrogen-bond donors (Lipinski definition) is 1. The maximum absolute atomic E-state index is 12.6. The summed E-state index contributed by atoms with van der Waals surface area (Å²) in [5, 5.41) is 0. The Kier molecular flexibility index (Phi) is 4.19. The zero-order chi connectivity index (χ0) is 17.3. The molecule has 1 saturated heterocycles. The molecular formula is C18H20N4O2S. The van der Waals surface area contributed by atoms with Crippen molar-refractivity contribution >= 4 is 27.0 Å². The van der Waals surface area contributed by atoms with Crippen LogP contribution >= 0.6 is 0 Å². The average molecular weight is 356 g/mol. The van der Waals surface area contributed by atoms with Crippen molar-refractivity contribution in [2.24, 2.45) is 0 Å². The normalized spacial score (nSPS) is 16.4. The quantitative estimate of drug-likeness (QED) is 0.778. The molecular weight excluding hydrogens is 336 g/mol. The Labute approximate surface area is 147 Å². The van der Waals surface area contributed by atoms with Crippen molar-refractivity contribution in [1.29, 1.82) is 0 Å². The molecule has 4 rings (SSSR count). The van der Waals surface area contributed by atoms with E-state index in [0.717, 1.165) is 22.5 Å². The summed E-state index contributed by atoms with van der Waals surface area (Å²) in [4.78, 5) is 10.0. The minimum Gasteiger partial charge on any atom is -0.340 e. The van der Waals surface area contributed by atoms with Gasteiger partial charge in [0.1, 0.15) is 0 Å². The molecule has 0 spiro atoms. The summed E-state index contributed by atoms with van der Waals surface area (Å²) in [5.41, 5.74) is 2.75. The standard InChI is InChI=1S/C18H20N4O2S/c23-25(24,14-15-6-2-1-3-7-15)22-12-10-21(11-13-22)18-19-16-8-4-5-9-17(16)20-18/h1-9H,10-14H2,(H,19,20). The van der Waals surface area contributed by atoms with Gasteiger partial charge >= 0.3 is 0 Å². The first-order valence-corrected chi connectivity index (χ1v) is 9.94. The van der Waals surface area contributed by atoms with Crippen molar-refractivity contribution in [2.75, 3.05) is 31.1 Å². The molecule has 25 heavy (non-hydrogen) atoms.